The van der Waals surface area contributed by atoms with Gasteiger partial charge in [-0.15, -0.1) is 0 Å². The van der Waals surface area contributed by atoms with Gasteiger partial charge in [0.05, 0.1) is 0 Å². The van der Waals surface area contributed by atoms with Crippen molar-refractivity contribution in [1.82, 2.24) is 0 Å². The lowest BCUT2D eigenvalue weighted by atomic mass is 9.92. The standard InChI is InChI=1S/C27H27ClO/c1-2-3-10-22(19-21-11-6-4-7-12-21)20-26(23-13-8-5-9-14-23)27(29)24-15-17-25(28)18-16-24/h4-9,11-20,27,29H,2-3,10H2,1H3/b22-19+,26-20+. The fourth-order valence-corrected chi connectivity index (χ4v) is 3.43. The zero-order valence-corrected chi connectivity index (χ0v) is 17.5. The Hall–Kier alpha value is -2.61. The summed E-state index contributed by atoms with van der Waals surface area (Å²) in [6.07, 6.45) is 6.84. The smallest absolute Gasteiger partial charge is 0.105 e. The van der Waals surface area contributed by atoms with Gasteiger partial charge in [-0.2, -0.15) is 0 Å². The van der Waals surface area contributed by atoms with Gasteiger partial charge in [-0.1, -0.05) is 110 Å². The fraction of sp³-hybridized carbons (Fsp3) is 0.185. The fourth-order valence-electron chi connectivity index (χ4n) is 3.31. The van der Waals surface area contributed by atoms with E-state index in [0.29, 0.717) is 5.02 Å². The molecule has 0 aliphatic rings. The Bertz CT molecular complexity index is 941. The topological polar surface area (TPSA) is 20.2 Å². The molecule has 1 unspecified atom stereocenters. The number of rotatable bonds is 8. The zero-order valence-electron chi connectivity index (χ0n) is 16.8. The summed E-state index contributed by atoms with van der Waals surface area (Å²) in [6.45, 7) is 2.20. The van der Waals surface area contributed by atoms with Gasteiger partial charge in [0, 0.05) is 5.02 Å². The largest absolute Gasteiger partial charge is 0.384 e. The molecule has 0 spiro atoms. The highest BCUT2D eigenvalue weighted by atomic mass is 35.5. The number of aliphatic hydroxyl groups excluding tert-OH is 1. The van der Waals surface area contributed by atoms with Crippen molar-refractivity contribution in [1.29, 1.82) is 0 Å². The van der Waals surface area contributed by atoms with Crippen LogP contribution in [0.3, 0.4) is 0 Å². The number of unbranched alkanes of at least 4 members (excludes halogenated alkanes) is 1. The third-order valence-corrected chi connectivity index (χ3v) is 5.15. The minimum absolute atomic E-state index is 0.666. The Kier molecular flexibility index (Phi) is 7.86. The molecular formula is C27H27ClO. The minimum Gasteiger partial charge on any atom is -0.384 e. The Morgan fingerprint density at radius 2 is 1.52 bits per heavy atom. The molecular weight excluding hydrogens is 376 g/mol. The highest BCUT2D eigenvalue weighted by Crippen LogP contribution is 2.33. The number of allylic oxidation sites excluding steroid dienone is 2. The lowest BCUT2D eigenvalue weighted by Gasteiger charge is -2.17. The molecule has 1 nitrogen and oxygen atoms in total. The molecule has 2 heteroatoms. The number of halogens is 1. The lowest BCUT2D eigenvalue weighted by Crippen LogP contribution is -2.02. The minimum atomic E-state index is -0.726. The van der Waals surface area contributed by atoms with Crippen LogP contribution in [0.5, 0.6) is 0 Å². The second-order valence-corrected chi connectivity index (χ2v) is 7.59. The van der Waals surface area contributed by atoms with Gasteiger partial charge in [-0.3, -0.25) is 0 Å². The third kappa shape index (κ3) is 6.19. The maximum absolute atomic E-state index is 11.2. The summed E-state index contributed by atoms with van der Waals surface area (Å²) in [5, 5.41) is 11.9. The van der Waals surface area contributed by atoms with E-state index in [9.17, 15) is 5.11 Å². The van der Waals surface area contributed by atoms with E-state index in [4.69, 9.17) is 11.6 Å². The van der Waals surface area contributed by atoms with Gasteiger partial charge in [0.25, 0.3) is 0 Å². The normalized spacial score (nSPS) is 13.3. The van der Waals surface area contributed by atoms with Crippen LogP contribution in [0.1, 0.15) is 49.0 Å². The Morgan fingerprint density at radius 3 is 2.14 bits per heavy atom. The molecule has 29 heavy (non-hydrogen) atoms. The summed E-state index contributed by atoms with van der Waals surface area (Å²) in [5.74, 6) is 0. The summed E-state index contributed by atoms with van der Waals surface area (Å²) in [4.78, 5) is 0. The van der Waals surface area contributed by atoms with Crippen LogP contribution in [0, 0.1) is 0 Å². The van der Waals surface area contributed by atoms with Crippen LogP contribution in [0.25, 0.3) is 11.6 Å². The first-order valence-corrected chi connectivity index (χ1v) is 10.5. The average Bonchev–Trinajstić information content (AvgIpc) is 2.77. The van der Waals surface area contributed by atoms with Gasteiger partial charge in [0.15, 0.2) is 0 Å². The molecule has 0 aromatic heterocycles. The second-order valence-electron chi connectivity index (χ2n) is 7.15. The molecule has 0 saturated carbocycles. The molecule has 3 rings (SSSR count). The molecule has 0 fully saturated rings. The molecule has 3 aromatic rings. The van der Waals surface area contributed by atoms with E-state index in [1.807, 2.05) is 72.8 Å². The highest BCUT2D eigenvalue weighted by molar-refractivity contribution is 6.30. The second kappa shape index (κ2) is 10.8. The predicted octanol–water partition coefficient (Wildman–Crippen LogP) is 7.73. The molecule has 1 atom stereocenters. The maximum atomic E-state index is 11.2. The first kappa shape index (κ1) is 21.1. The van der Waals surface area contributed by atoms with Crippen LogP contribution in [0.15, 0.2) is 96.6 Å². The third-order valence-electron chi connectivity index (χ3n) is 4.90. The van der Waals surface area contributed by atoms with Crippen molar-refractivity contribution < 1.29 is 5.11 Å². The summed E-state index contributed by atoms with van der Waals surface area (Å²) in [7, 11) is 0. The first-order valence-electron chi connectivity index (χ1n) is 10.1. The Labute approximate surface area is 179 Å². The molecule has 0 bridgehead atoms. The monoisotopic (exact) mass is 402 g/mol. The number of benzene rings is 3. The number of hydrogen-bond acceptors (Lipinski definition) is 1. The number of hydrogen-bond donors (Lipinski definition) is 1. The number of aliphatic hydroxyl groups is 1. The van der Waals surface area contributed by atoms with Crippen molar-refractivity contribution in [3.63, 3.8) is 0 Å². The first-order chi connectivity index (χ1) is 14.2. The molecule has 0 saturated heterocycles. The average molecular weight is 403 g/mol. The Balaban J connectivity index is 2.05. The zero-order chi connectivity index (χ0) is 20.5. The molecule has 0 aliphatic heterocycles. The van der Waals surface area contributed by atoms with Gasteiger partial charge in [0.1, 0.15) is 6.10 Å². The molecule has 3 aromatic carbocycles. The van der Waals surface area contributed by atoms with Gasteiger partial charge >= 0.3 is 0 Å². The quantitative estimate of drug-likeness (QED) is 0.382. The van der Waals surface area contributed by atoms with Crippen LogP contribution in [0.2, 0.25) is 5.02 Å². The van der Waals surface area contributed by atoms with Crippen LogP contribution in [0.4, 0.5) is 0 Å². The molecule has 148 valence electrons. The van der Waals surface area contributed by atoms with E-state index in [0.717, 1.165) is 36.0 Å². The van der Waals surface area contributed by atoms with Crippen LogP contribution >= 0.6 is 11.6 Å². The summed E-state index contributed by atoms with van der Waals surface area (Å²) in [5.41, 5.74) is 5.13. The van der Waals surface area contributed by atoms with E-state index in [1.54, 1.807) is 0 Å². The lowest BCUT2D eigenvalue weighted by molar-refractivity contribution is 0.238. The summed E-state index contributed by atoms with van der Waals surface area (Å²) in [6, 6.07) is 27.8. The maximum Gasteiger partial charge on any atom is 0.105 e. The molecule has 0 radical (unpaired) electrons. The van der Waals surface area contributed by atoms with Crippen LogP contribution in [-0.2, 0) is 0 Å². The van der Waals surface area contributed by atoms with Gasteiger partial charge < -0.3 is 5.11 Å². The Morgan fingerprint density at radius 1 is 0.897 bits per heavy atom. The highest BCUT2D eigenvalue weighted by Gasteiger charge is 2.16. The van der Waals surface area contributed by atoms with Crippen molar-refractivity contribution in [2.75, 3.05) is 0 Å². The van der Waals surface area contributed by atoms with Gasteiger partial charge in [-0.25, -0.2) is 0 Å². The van der Waals surface area contributed by atoms with Crippen LogP contribution < -0.4 is 0 Å². The van der Waals surface area contributed by atoms with Gasteiger partial charge in [-0.05, 0) is 52.8 Å². The van der Waals surface area contributed by atoms with E-state index in [1.165, 1.54) is 11.1 Å². The summed E-state index contributed by atoms with van der Waals surface area (Å²) < 4.78 is 0. The molecule has 0 heterocycles. The van der Waals surface area contributed by atoms with E-state index in [2.05, 4.69) is 31.2 Å². The SMILES string of the molecule is CCCCC(=C\c1ccccc1)/C=C(\c1ccccc1)C(O)c1ccc(Cl)cc1. The van der Waals surface area contributed by atoms with Crippen LogP contribution in [-0.4, -0.2) is 5.11 Å². The van der Waals surface area contributed by atoms with Crippen molar-refractivity contribution in [2.24, 2.45) is 0 Å². The molecule has 0 aliphatic carbocycles. The molecule has 1 N–H and O–H groups in total. The van der Waals surface area contributed by atoms with Crippen molar-refractivity contribution in [2.45, 2.75) is 32.3 Å². The van der Waals surface area contributed by atoms with Crippen molar-refractivity contribution in [3.8, 4) is 0 Å². The van der Waals surface area contributed by atoms with E-state index in [-0.39, 0.29) is 0 Å². The van der Waals surface area contributed by atoms with Crippen molar-refractivity contribution in [3.05, 3.63) is 118 Å². The summed E-state index contributed by atoms with van der Waals surface area (Å²) >= 11 is 6.04. The van der Waals surface area contributed by atoms with E-state index < -0.39 is 6.10 Å². The predicted molar refractivity (Wildman–Crippen MR) is 125 cm³/mol. The van der Waals surface area contributed by atoms with Crippen molar-refractivity contribution >= 4 is 23.3 Å². The molecule has 0 amide bonds. The van der Waals surface area contributed by atoms with E-state index >= 15 is 0 Å². The van der Waals surface area contributed by atoms with Gasteiger partial charge in [0.2, 0.25) is 0 Å².